The Bertz CT molecular complexity index is 1580. The Morgan fingerprint density at radius 3 is 2.31 bits per heavy atom. The highest BCUT2D eigenvalue weighted by molar-refractivity contribution is 5.92. The number of carbonyl (C=O) groups is 1. The molecule has 5 aromatic rings. The summed E-state index contributed by atoms with van der Waals surface area (Å²) >= 11 is 0. The second-order valence-corrected chi connectivity index (χ2v) is 8.16. The smallest absolute Gasteiger partial charge is 0.279 e. The Hall–Kier alpha value is -4.59. The minimum Gasteiger partial charge on any atom is -0.323 e. The molecular formula is C27H22FN5O2. The fourth-order valence-electron chi connectivity index (χ4n) is 4.00. The first kappa shape index (κ1) is 22.2. The molecular weight excluding hydrogens is 445 g/mol. The van der Waals surface area contributed by atoms with E-state index in [1.807, 2.05) is 65.2 Å². The highest BCUT2D eigenvalue weighted by Gasteiger charge is 2.21. The van der Waals surface area contributed by atoms with Crippen LogP contribution in [0.3, 0.4) is 0 Å². The van der Waals surface area contributed by atoms with Crippen LogP contribution in [0.5, 0.6) is 0 Å². The zero-order valence-electron chi connectivity index (χ0n) is 19.0. The summed E-state index contributed by atoms with van der Waals surface area (Å²) in [5, 5.41) is 7.03. The predicted octanol–water partition coefficient (Wildman–Crippen LogP) is 4.24. The van der Waals surface area contributed by atoms with Crippen LogP contribution in [0.1, 0.15) is 16.8 Å². The van der Waals surface area contributed by atoms with Gasteiger partial charge in [0.1, 0.15) is 5.82 Å². The molecule has 0 saturated heterocycles. The second-order valence-electron chi connectivity index (χ2n) is 8.16. The molecule has 0 unspecified atom stereocenters. The number of fused-ring (bicyclic) bond motifs is 1. The number of hydrogen-bond donors (Lipinski definition) is 1. The number of anilines is 1. The highest BCUT2D eigenvalue weighted by Crippen LogP contribution is 2.19. The van der Waals surface area contributed by atoms with Crippen LogP contribution in [0.25, 0.3) is 17.2 Å². The molecule has 2 heterocycles. The molecule has 1 N–H and O–H groups in total. The lowest BCUT2D eigenvalue weighted by Gasteiger charge is -2.15. The molecule has 0 radical (unpaired) electrons. The second kappa shape index (κ2) is 9.34. The van der Waals surface area contributed by atoms with E-state index in [0.717, 1.165) is 11.1 Å². The molecule has 0 aliphatic heterocycles. The fraction of sp³-hybridized carbons (Fsp3) is 0.111. The maximum absolute atomic E-state index is 14.0. The Morgan fingerprint density at radius 2 is 1.60 bits per heavy atom. The van der Waals surface area contributed by atoms with Gasteiger partial charge in [0, 0.05) is 16.8 Å². The topological polar surface area (TPSA) is 81.3 Å². The van der Waals surface area contributed by atoms with Crippen LogP contribution in [-0.4, -0.2) is 25.1 Å². The molecule has 0 spiro atoms. The SMILES string of the molecule is Cc1c(CC(=O)Nc2ccccc2F)c(=O)n2nc(-c3ccccc3)nc2n1Cc1ccccc1. The third kappa shape index (κ3) is 4.46. The van der Waals surface area contributed by atoms with E-state index >= 15 is 0 Å². The van der Waals surface area contributed by atoms with Crippen LogP contribution in [0.15, 0.2) is 89.7 Å². The summed E-state index contributed by atoms with van der Waals surface area (Å²) < 4.78 is 17.1. The molecule has 8 heteroatoms. The Labute approximate surface area is 200 Å². The number of nitrogens with one attached hydrogen (secondary N) is 1. The van der Waals surface area contributed by atoms with Crippen LogP contribution in [-0.2, 0) is 17.8 Å². The number of benzene rings is 3. The molecule has 0 fully saturated rings. The Morgan fingerprint density at radius 1 is 0.943 bits per heavy atom. The number of rotatable bonds is 6. The number of hydrogen-bond acceptors (Lipinski definition) is 4. The number of para-hydroxylation sites is 1. The predicted molar refractivity (Wildman–Crippen MR) is 132 cm³/mol. The summed E-state index contributed by atoms with van der Waals surface area (Å²) in [7, 11) is 0. The first-order chi connectivity index (χ1) is 17.0. The number of aromatic nitrogens is 4. The van der Waals surface area contributed by atoms with Crippen molar-refractivity contribution < 1.29 is 9.18 Å². The monoisotopic (exact) mass is 467 g/mol. The number of nitrogens with zero attached hydrogens (tertiary/aromatic N) is 4. The highest BCUT2D eigenvalue weighted by atomic mass is 19.1. The van der Waals surface area contributed by atoms with Gasteiger partial charge in [-0.1, -0.05) is 72.8 Å². The molecule has 0 atom stereocenters. The molecule has 174 valence electrons. The van der Waals surface area contributed by atoms with Crippen molar-refractivity contribution in [3.63, 3.8) is 0 Å². The van der Waals surface area contributed by atoms with Gasteiger partial charge in [-0.25, -0.2) is 4.39 Å². The van der Waals surface area contributed by atoms with E-state index in [-0.39, 0.29) is 17.7 Å². The standard InChI is InChI=1S/C27H22FN5O2/c1-18-21(16-24(34)29-23-15-9-8-14-22(23)28)26(35)33-27(32(18)17-19-10-4-2-5-11-19)30-25(31-33)20-12-6-3-7-13-20/h2-15H,16-17H2,1H3,(H,29,34). The first-order valence-electron chi connectivity index (χ1n) is 11.1. The zero-order chi connectivity index (χ0) is 24.4. The molecule has 1 amide bonds. The van der Waals surface area contributed by atoms with Gasteiger partial charge in [-0.15, -0.1) is 5.10 Å². The van der Waals surface area contributed by atoms with Crippen molar-refractivity contribution in [3.05, 3.63) is 118 Å². The molecule has 2 aromatic heterocycles. The zero-order valence-corrected chi connectivity index (χ0v) is 19.0. The number of carbonyl (C=O) groups excluding carboxylic acids is 1. The molecule has 0 bridgehead atoms. The van der Waals surface area contributed by atoms with Gasteiger partial charge in [-0.3, -0.25) is 9.59 Å². The van der Waals surface area contributed by atoms with Gasteiger partial charge in [0.2, 0.25) is 11.7 Å². The van der Waals surface area contributed by atoms with Crippen molar-refractivity contribution in [2.75, 3.05) is 5.32 Å². The third-order valence-corrected chi connectivity index (χ3v) is 5.82. The quantitative estimate of drug-likeness (QED) is 0.405. The van der Waals surface area contributed by atoms with E-state index < -0.39 is 17.3 Å². The van der Waals surface area contributed by atoms with Crippen molar-refractivity contribution in [1.29, 1.82) is 0 Å². The van der Waals surface area contributed by atoms with E-state index in [0.29, 0.717) is 23.8 Å². The van der Waals surface area contributed by atoms with E-state index in [9.17, 15) is 14.0 Å². The maximum atomic E-state index is 14.0. The van der Waals surface area contributed by atoms with E-state index in [1.165, 1.54) is 16.6 Å². The number of halogens is 1. The Kier molecular flexibility index (Phi) is 5.93. The molecule has 0 aliphatic carbocycles. The normalized spacial score (nSPS) is 11.0. The largest absolute Gasteiger partial charge is 0.323 e. The summed E-state index contributed by atoms with van der Waals surface area (Å²) in [4.78, 5) is 30.9. The van der Waals surface area contributed by atoms with Gasteiger partial charge in [0.05, 0.1) is 18.7 Å². The minimum absolute atomic E-state index is 0.0629. The lowest BCUT2D eigenvalue weighted by atomic mass is 10.1. The average molecular weight is 468 g/mol. The fourth-order valence-corrected chi connectivity index (χ4v) is 4.00. The van der Waals surface area contributed by atoms with E-state index in [2.05, 4.69) is 15.4 Å². The van der Waals surface area contributed by atoms with Crippen molar-refractivity contribution in [1.82, 2.24) is 19.2 Å². The Balaban J connectivity index is 1.61. The molecule has 35 heavy (non-hydrogen) atoms. The van der Waals surface area contributed by atoms with Gasteiger partial charge in [0.15, 0.2) is 5.82 Å². The first-order valence-corrected chi connectivity index (χ1v) is 11.1. The van der Waals surface area contributed by atoms with Crippen molar-refractivity contribution in [2.24, 2.45) is 0 Å². The third-order valence-electron chi connectivity index (χ3n) is 5.82. The van der Waals surface area contributed by atoms with E-state index in [1.54, 1.807) is 19.1 Å². The summed E-state index contributed by atoms with van der Waals surface area (Å²) in [6.45, 7) is 2.22. The summed E-state index contributed by atoms with van der Waals surface area (Å²) in [5.41, 5.74) is 2.28. The van der Waals surface area contributed by atoms with Gasteiger partial charge in [-0.2, -0.15) is 9.50 Å². The number of amides is 1. The molecule has 7 nitrogen and oxygen atoms in total. The van der Waals surface area contributed by atoms with Gasteiger partial charge in [0.25, 0.3) is 5.56 Å². The van der Waals surface area contributed by atoms with Crippen LogP contribution in [0.4, 0.5) is 10.1 Å². The van der Waals surface area contributed by atoms with Crippen molar-refractivity contribution >= 4 is 17.4 Å². The van der Waals surface area contributed by atoms with E-state index in [4.69, 9.17) is 0 Å². The summed E-state index contributed by atoms with van der Waals surface area (Å²) in [6, 6.07) is 25.1. The molecule has 0 saturated carbocycles. The van der Waals surface area contributed by atoms with Gasteiger partial charge in [-0.05, 0) is 24.6 Å². The molecule has 5 rings (SSSR count). The lowest BCUT2D eigenvalue weighted by Crippen LogP contribution is -2.29. The molecule has 0 aliphatic rings. The van der Waals surface area contributed by atoms with Crippen LogP contribution < -0.4 is 10.9 Å². The molecule has 3 aromatic carbocycles. The average Bonchev–Trinajstić information content (AvgIpc) is 3.33. The van der Waals surface area contributed by atoms with Gasteiger partial charge < -0.3 is 9.88 Å². The van der Waals surface area contributed by atoms with Crippen LogP contribution >= 0.6 is 0 Å². The van der Waals surface area contributed by atoms with Gasteiger partial charge >= 0.3 is 0 Å². The van der Waals surface area contributed by atoms with Crippen LogP contribution in [0, 0.1) is 12.7 Å². The summed E-state index contributed by atoms with van der Waals surface area (Å²) in [5.74, 6) is -0.243. The minimum atomic E-state index is -0.543. The maximum Gasteiger partial charge on any atom is 0.279 e. The summed E-state index contributed by atoms with van der Waals surface area (Å²) in [6.07, 6.45) is -0.232. The van der Waals surface area contributed by atoms with Crippen molar-refractivity contribution in [3.8, 4) is 11.4 Å². The van der Waals surface area contributed by atoms with Crippen molar-refractivity contribution in [2.45, 2.75) is 19.9 Å². The van der Waals surface area contributed by atoms with Crippen LogP contribution in [0.2, 0.25) is 0 Å². The lowest BCUT2D eigenvalue weighted by molar-refractivity contribution is -0.115.